The maximum Gasteiger partial charge on any atom is 0.269 e. The fourth-order valence-corrected chi connectivity index (χ4v) is 4.25. The molecular weight excluding hydrogens is 340 g/mol. The molecule has 2 aromatic carbocycles. The molecule has 0 saturated carbocycles. The highest BCUT2D eigenvalue weighted by atomic mass is 35.5. The summed E-state index contributed by atoms with van der Waals surface area (Å²) in [6.45, 7) is 0. The van der Waals surface area contributed by atoms with Crippen molar-refractivity contribution in [3.8, 4) is 5.75 Å². The number of ether oxygens (including phenoxy) is 1. The van der Waals surface area contributed by atoms with Gasteiger partial charge in [-0.15, -0.1) is 0 Å². The Kier molecular flexibility index (Phi) is 3.88. The number of rotatable bonds is 3. The van der Waals surface area contributed by atoms with Crippen LogP contribution in [0, 0.1) is 16.0 Å². The van der Waals surface area contributed by atoms with Crippen LogP contribution in [-0.2, 0) is 0 Å². The summed E-state index contributed by atoms with van der Waals surface area (Å²) >= 11 is 6.48. The van der Waals surface area contributed by atoms with Crippen LogP contribution in [-0.4, -0.2) is 12.0 Å². The minimum atomic E-state index is -0.359. The van der Waals surface area contributed by atoms with Gasteiger partial charge in [0.15, 0.2) is 0 Å². The van der Waals surface area contributed by atoms with Gasteiger partial charge in [0.05, 0.1) is 23.8 Å². The lowest BCUT2D eigenvalue weighted by Crippen LogP contribution is -2.29. The van der Waals surface area contributed by atoms with E-state index in [9.17, 15) is 10.1 Å². The molecule has 1 aliphatic heterocycles. The molecule has 2 aliphatic rings. The number of nitro groups is 1. The lowest BCUT2D eigenvalue weighted by Gasteiger charge is -2.38. The maximum absolute atomic E-state index is 11.1. The van der Waals surface area contributed by atoms with E-state index in [-0.39, 0.29) is 28.5 Å². The molecule has 0 unspecified atom stereocenters. The van der Waals surface area contributed by atoms with E-state index in [4.69, 9.17) is 16.3 Å². The summed E-state index contributed by atoms with van der Waals surface area (Å²) in [5.74, 6) is 1.16. The Morgan fingerprint density at radius 1 is 1.32 bits per heavy atom. The zero-order valence-corrected chi connectivity index (χ0v) is 14.4. The van der Waals surface area contributed by atoms with Crippen LogP contribution in [0.4, 0.5) is 11.4 Å². The first kappa shape index (κ1) is 16.0. The van der Waals surface area contributed by atoms with Crippen molar-refractivity contribution >= 4 is 23.0 Å². The molecule has 0 spiro atoms. The van der Waals surface area contributed by atoms with Gasteiger partial charge >= 0.3 is 0 Å². The van der Waals surface area contributed by atoms with Gasteiger partial charge in [0, 0.05) is 28.6 Å². The van der Waals surface area contributed by atoms with Crippen molar-refractivity contribution in [1.29, 1.82) is 0 Å². The molecule has 3 atom stereocenters. The maximum atomic E-state index is 11.1. The Morgan fingerprint density at radius 2 is 2.16 bits per heavy atom. The van der Waals surface area contributed by atoms with Gasteiger partial charge in [-0.25, -0.2) is 0 Å². The van der Waals surface area contributed by atoms with E-state index < -0.39 is 0 Å². The minimum Gasteiger partial charge on any atom is -0.495 e. The second-order valence-electron chi connectivity index (χ2n) is 6.37. The van der Waals surface area contributed by atoms with Gasteiger partial charge < -0.3 is 10.1 Å². The highest BCUT2D eigenvalue weighted by Crippen LogP contribution is 2.54. The smallest absolute Gasteiger partial charge is 0.269 e. The number of nitro benzene ring substituents is 1. The van der Waals surface area contributed by atoms with Crippen molar-refractivity contribution in [2.75, 3.05) is 12.4 Å². The van der Waals surface area contributed by atoms with E-state index in [1.165, 1.54) is 6.07 Å². The standard InChI is InChI=1S/C19H17ClN2O3/c1-25-16-9-8-15(20)17-13-6-3-7-14(13)18(21-19(16)17)11-4-2-5-12(10-11)22(23)24/h2-6,8-10,13-14,18,21H,7H2,1H3/t13-,14-,18-/m0/s1. The summed E-state index contributed by atoms with van der Waals surface area (Å²) in [7, 11) is 1.63. The molecule has 0 fully saturated rings. The summed E-state index contributed by atoms with van der Waals surface area (Å²) in [4.78, 5) is 10.8. The normalized spacial score (nSPS) is 23.5. The van der Waals surface area contributed by atoms with E-state index in [0.29, 0.717) is 5.02 Å². The third-order valence-electron chi connectivity index (χ3n) is 5.09. The van der Waals surface area contributed by atoms with E-state index in [1.807, 2.05) is 18.2 Å². The van der Waals surface area contributed by atoms with Crippen LogP contribution < -0.4 is 10.1 Å². The number of hydrogen-bond acceptors (Lipinski definition) is 4. The quantitative estimate of drug-likeness (QED) is 0.473. The number of fused-ring (bicyclic) bond motifs is 3. The van der Waals surface area contributed by atoms with Gasteiger partial charge in [-0.3, -0.25) is 10.1 Å². The van der Waals surface area contributed by atoms with Crippen LogP contribution >= 0.6 is 11.6 Å². The Balaban J connectivity index is 1.84. The van der Waals surface area contributed by atoms with Gasteiger partial charge in [0.25, 0.3) is 5.69 Å². The second-order valence-corrected chi connectivity index (χ2v) is 6.77. The summed E-state index contributed by atoms with van der Waals surface area (Å²) in [6.07, 6.45) is 5.24. The van der Waals surface area contributed by atoms with Crippen LogP contribution in [0.25, 0.3) is 0 Å². The van der Waals surface area contributed by atoms with E-state index in [2.05, 4.69) is 17.5 Å². The number of allylic oxidation sites excluding steroid dienone is 2. The van der Waals surface area contributed by atoms with Crippen molar-refractivity contribution in [1.82, 2.24) is 0 Å². The number of nitrogens with zero attached hydrogens (tertiary/aromatic N) is 1. The molecule has 1 aliphatic carbocycles. The number of benzene rings is 2. The predicted molar refractivity (Wildman–Crippen MR) is 97.5 cm³/mol. The highest BCUT2D eigenvalue weighted by Gasteiger charge is 2.40. The first-order valence-electron chi connectivity index (χ1n) is 8.14. The number of methoxy groups -OCH3 is 1. The molecule has 6 heteroatoms. The number of non-ortho nitro benzene ring substituents is 1. The average molecular weight is 357 g/mol. The predicted octanol–water partition coefficient (Wildman–Crippen LogP) is 5.08. The molecule has 128 valence electrons. The summed E-state index contributed by atoms with van der Waals surface area (Å²) < 4.78 is 5.51. The lowest BCUT2D eigenvalue weighted by molar-refractivity contribution is -0.384. The molecule has 2 aromatic rings. The van der Waals surface area contributed by atoms with Gasteiger partial charge in [0.1, 0.15) is 5.75 Å². The van der Waals surface area contributed by atoms with Crippen molar-refractivity contribution in [3.63, 3.8) is 0 Å². The minimum absolute atomic E-state index is 0.0419. The number of anilines is 1. The van der Waals surface area contributed by atoms with Crippen LogP contribution in [0.1, 0.15) is 29.5 Å². The summed E-state index contributed by atoms with van der Waals surface area (Å²) in [6, 6.07) is 10.5. The van der Waals surface area contributed by atoms with E-state index in [0.717, 1.165) is 29.0 Å². The molecule has 25 heavy (non-hydrogen) atoms. The Hall–Kier alpha value is -2.53. The van der Waals surface area contributed by atoms with Crippen LogP contribution in [0.5, 0.6) is 5.75 Å². The fourth-order valence-electron chi connectivity index (χ4n) is 3.97. The summed E-state index contributed by atoms with van der Waals surface area (Å²) in [5, 5.41) is 15.4. The Morgan fingerprint density at radius 3 is 2.92 bits per heavy atom. The summed E-state index contributed by atoms with van der Waals surface area (Å²) in [5.41, 5.74) is 2.92. The Bertz CT molecular complexity index is 881. The number of nitrogens with one attached hydrogen (secondary N) is 1. The lowest BCUT2D eigenvalue weighted by atomic mass is 9.77. The molecular formula is C19H17ClN2O3. The molecule has 1 N–H and O–H groups in total. The molecule has 0 aromatic heterocycles. The second kappa shape index (κ2) is 6.08. The Labute approximate surface area is 150 Å². The monoisotopic (exact) mass is 356 g/mol. The molecule has 0 saturated heterocycles. The molecule has 0 amide bonds. The van der Waals surface area contributed by atoms with Crippen LogP contribution in [0.15, 0.2) is 48.6 Å². The topological polar surface area (TPSA) is 64.4 Å². The number of hydrogen-bond donors (Lipinski definition) is 1. The first-order chi connectivity index (χ1) is 12.1. The first-order valence-corrected chi connectivity index (χ1v) is 8.52. The van der Waals surface area contributed by atoms with Crippen molar-refractivity contribution in [2.24, 2.45) is 5.92 Å². The molecule has 0 radical (unpaired) electrons. The highest BCUT2D eigenvalue weighted by molar-refractivity contribution is 6.32. The van der Waals surface area contributed by atoms with Gasteiger partial charge in [-0.1, -0.05) is 35.9 Å². The van der Waals surface area contributed by atoms with E-state index in [1.54, 1.807) is 19.2 Å². The van der Waals surface area contributed by atoms with Crippen LogP contribution in [0.2, 0.25) is 5.02 Å². The average Bonchev–Trinajstić information content (AvgIpc) is 3.11. The van der Waals surface area contributed by atoms with Gasteiger partial charge in [0.2, 0.25) is 0 Å². The van der Waals surface area contributed by atoms with Crippen LogP contribution in [0.3, 0.4) is 0 Å². The van der Waals surface area contributed by atoms with E-state index >= 15 is 0 Å². The zero-order chi connectivity index (χ0) is 17.6. The van der Waals surface area contributed by atoms with Crippen molar-refractivity contribution < 1.29 is 9.66 Å². The molecule has 1 heterocycles. The van der Waals surface area contributed by atoms with Gasteiger partial charge in [-0.05, 0) is 30.0 Å². The van der Waals surface area contributed by atoms with Gasteiger partial charge in [-0.2, -0.15) is 0 Å². The third-order valence-corrected chi connectivity index (χ3v) is 5.42. The SMILES string of the molecule is COc1ccc(Cl)c2c1N[C@@H](c1cccc([N+](=O)[O-])c1)[C@H]1CC=C[C@H]21. The van der Waals surface area contributed by atoms with Crippen molar-refractivity contribution in [2.45, 2.75) is 18.4 Å². The largest absolute Gasteiger partial charge is 0.495 e. The molecule has 5 nitrogen and oxygen atoms in total. The van der Waals surface area contributed by atoms with Crippen molar-refractivity contribution in [3.05, 3.63) is 74.8 Å². The number of halogens is 1. The molecule has 0 bridgehead atoms. The zero-order valence-electron chi connectivity index (χ0n) is 13.6. The fraction of sp³-hybridized carbons (Fsp3) is 0.263. The third kappa shape index (κ3) is 2.55. The molecule has 4 rings (SSSR count).